The van der Waals surface area contributed by atoms with Crippen molar-refractivity contribution in [1.29, 1.82) is 0 Å². The second-order valence-corrected chi connectivity index (χ2v) is 12.6. The van der Waals surface area contributed by atoms with Gasteiger partial charge in [-0.25, -0.2) is 4.99 Å². The number of hydrogen-bond acceptors (Lipinski definition) is 6. The fourth-order valence-corrected chi connectivity index (χ4v) is 9.40. The molecular weight excluding hydrogens is 440 g/mol. The molecule has 3 atom stereocenters. The zero-order valence-corrected chi connectivity index (χ0v) is 19.2. The molecule has 6 aliphatic rings. The van der Waals surface area contributed by atoms with Crippen molar-refractivity contribution in [2.45, 2.75) is 38.1 Å². The molecule has 172 valence electrons. The van der Waals surface area contributed by atoms with Crippen LogP contribution in [0.3, 0.4) is 0 Å². The number of ether oxygens (including phenoxy) is 1. The van der Waals surface area contributed by atoms with E-state index in [4.69, 9.17) is 10.5 Å². The van der Waals surface area contributed by atoms with E-state index in [2.05, 4.69) is 4.99 Å². The van der Waals surface area contributed by atoms with Gasteiger partial charge in [0, 0.05) is 36.9 Å². The Hall–Kier alpha value is -1.01. The number of rotatable bonds is 4. The van der Waals surface area contributed by atoms with E-state index in [-0.39, 0.29) is 23.7 Å². The van der Waals surface area contributed by atoms with E-state index in [1.54, 1.807) is 11.8 Å². The topological polar surface area (TPSA) is 122 Å². The minimum Gasteiger partial charge on any atom is -0.379 e. The molecule has 6 rings (SSSR count). The summed E-state index contributed by atoms with van der Waals surface area (Å²) in [5.74, 6) is 1.21. The number of nitrogens with two attached hydrogens (primary N) is 1. The SMILES string of the molecule is NC(=O)C12CC3CC(C1)C(=NC(=O)C1CSCCN1S(=O)(=O)N1CCOCC1)C(C3)C2. The molecule has 2 saturated heterocycles. The highest BCUT2D eigenvalue weighted by atomic mass is 32.2. The lowest BCUT2D eigenvalue weighted by Gasteiger charge is -2.55. The van der Waals surface area contributed by atoms with Gasteiger partial charge in [-0.2, -0.15) is 28.8 Å². The van der Waals surface area contributed by atoms with Gasteiger partial charge in [0.15, 0.2) is 0 Å². The summed E-state index contributed by atoms with van der Waals surface area (Å²) < 4.78 is 34.5. The number of carbonyl (C=O) groups is 2. The first kappa shape index (κ1) is 21.8. The molecule has 2 aliphatic heterocycles. The molecule has 3 unspecified atom stereocenters. The Labute approximate surface area is 187 Å². The zero-order chi connectivity index (χ0) is 21.8. The standard InChI is InChI=1S/C20H30N4O5S2/c21-19(26)20-9-13-7-14(10-20)17(15(8-13)11-20)22-18(25)16-12-30-6-3-24(16)31(27,28)23-1-4-29-5-2-23/h13-16H,1-12H2,(H2,21,26). The molecule has 11 heteroatoms. The van der Waals surface area contributed by atoms with Gasteiger partial charge in [0.2, 0.25) is 5.91 Å². The van der Waals surface area contributed by atoms with Crippen LogP contribution in [0.15, 0.2) is 4.99 Å². The van der Waals surface area contributed by atoms with Crippen molar-refractivity contribution in [3.05, 3.63) is 0 Å². The fraction of sp³-hybridized carbons (Fsp3) is 0.850. The molecule has 0 radical (unpaired) electrons. The normalized spacial score (nSPS) is 38.9. The number of aliphatic imine (C=N–C) groups is 1. The molecule has 4 bridgehead atoms. The molecule has 2 heterocycles. The minimum atomic E-state index is -3.74. The highest BCUT2D eigenvalue weighted by molar-refractivity contribution is 7.99. The van der Waals surface area contributed by atoms with E-state index in [0.29, 0.717) is 63.1 Å². The molecule has 0 aromatic heterocycles. The maximum absolute atomic E-state index is 13.3. The highest BCUT2D eigenvalue weighted by Crippen LogP contribution is 2.58. The van der Waals surface area contributed by atoms with Gasteiger partial charge in [0.1, 0.15) is 6.04 Å². The van der Waals surface area contributed by atoms with E-state index >= 15 is 0 Å². The molecule has 31 heavy (non-hydrogen) atoms. The van der Waals surface area contributed by atoms with Crippen molar-refractivity contribution in [2.24, 2.45) is 33.9 Å². The van der Waals surface area contributed by atoms with Crippen LogP contribution in [-0.4, -0.2) is 84.9 Å². The van der Waals surface area contributed by atoms with Crippen molar-refractivity contribution in [2.75, 3.05) is 44.4 Å². The largest absolute Gasteiger partial charge is 0.379 e. The van der Waals surface area contributed by atoms with Gasteiger partial charge in [0.25, 0.3) is 16.1 Å². The maximum atomic E-state index is 13.3. The summed E-state index contributed by atoms with van der Waals surface area (Å²) in [5.41, 5.74) is 6.20. The molecular formula is C20H30N4O5S2. The number of primary amides is 1. The van der Waals surface area contributed by atoms with Crippen molar-refractivity contribution in [1.82, 2.24) is 8.61 Å². The average molecular weight is 471 g/mol. The lowest BCUT2D eigenvalue weighted by atomic mass is 9.48. The van der Waals surface area contributed by atoms with Crippen molar-refractivity contribution in [3.8, 4) is 0 Å². The summed E-state index contributed by atoms with van der Waals surface area (Å²) in [4.78, 5) is 30.0. The molecule has 0 aromatic carbocycles. The van der Waals surface area contributed by atoms with Gasteiger partial charge in [-0.15, -0.1) is 0 Å². The van der Waals surface area contributed by atoms with Crippen LogP contribution in [-0.2, 0) is 24.5 Å². The number of thioether (sulfide) groups is 1. The summed E-state index contributed by atoms with van der Waals surface area (Å²) in [6, 6.07) is -0.776. The van der Waals surface area contributed by atoms with Gasteiger partial charge < -0.3 is 10.5 Å². The Kier molecular flexibility index (Phi) is 5.69. The molecule has 2 N–H and O–H groups in total. The predicted molar refractivity (Wildman–Crippen MR) is 117 cm³/mol. The Balaban J connectivity index is 1.38. The first-order chi connectivity index (χ1) is 14.8. The van der Waals surface area contributed by atoms with Crippen molar-refractivity contribution < 1.29 is 22.7 Å². The number of hydrogen-bond donors (Lipinski definition) is 1. The van der Waals surface area contributed by atoms with Crippen LogP contribution in [0.1, 0.15) is 32.1 Å². The third-order valence-electron chi connectivity index (χ3n) is 7.75. The Morgan fingerprint density at radius 2 is 1.77 bits per heavy atom. The highest BCUT2D eigenvalue weighted by Gasteiger charge is 2.57. The van der Waals surface area contributed by atoms with E-state index in [9.17, 15) is 18.0 Å². The van der Waals surface area contributed by atoms with Gasteiger partial charge >= 0.3 is 0 Å². The zero-order valence-electron chi connectivity index (χ0n) is 17.6. The second-order valence-electron chi connectivity index (χ2n) is 9.58. The van der Waals surface area contributed by atoms with Crippen LogP contribution in [0.25, 0.3) is 0 Å². The van der Waals surface area contributed by atoms with E-state index in [1.807, 2.05) is 0 Å². The second kappa shape index (κ2) is 8.09. The van der Waals surface area contributed by atoms with Gasteiger partial charge in [-0.3, -0.25) is 9.59 Å². The number of amides is 2. The van der Waals surface area contributed by atoms with Gasteiger partial charge in [-0.05, 0) is 49.9 Å². The number of morpholine rings is 1. The average Bonchev–Trinajstić information content (AvgIpc) is 2.76. The van der Waals surface area contributed by atoms with Crippen molar-refractivity contribution >= 4 is 39.5 Å². The monoisotopic (exact) mass is 470 g/mol. The van der Waals surface area contributed by atoms with Crippen LogP contribution in [0.5, 0.6) is 0 Å². The van der Waals surface area contributed by atoms with Crippen LogP contribution in [0, 0.1) is 23.2 Å². The summed E-state index contributed by atoms with van der Waals surface area (Å²) in [6.45, 7) is 1.67. The summed E-state index contributed by atoms with van der Waals surface area (Å²) >= 11 is 1.59. The van der Waals surface area contributed by atoms with Crippen LogP contribution < -0.4 is 5.73 Å². The quantitative estimate of drug-likeness (QED) is 0.629. The summed E-state index contributed by atoms with van der Waals surface area (Å²) in [7, 11) is -3.74. The number of carbonyl (C=O) groups excluding carboxylic acids is 2. The van der Waals surface area contributed by atoms with Crippen molar-refractivity contribution in [3.63, 3.8) is 0 Å². The lowest BCUT2D eigenvalue weighted by Crippen LogP contribution is -2.58. The first-order valence-corrected chi connectivity index (χ1v) is 13.7. The Morgan fingerprint density at radius 1 is 1.10 bits per heavy atom. The number of nitrogens with zero attached hydrogens (tertiary/aromatic N) is 3. The van der Waals surface area contributed by atoms with Gasteiger partial charge in [0.05, 0.1) is 18.6 Å². The fourth-order valence-electron chi connectivity index (χ4n) is 6.43. The van der Waals surface area contributed by atoms with E-state index < -0.39 is 21.7 Å². The minimum absolute atomic E-state index is 0.114. The van der Waals surface area contributed by atoms with Gasteiger partial charge in [-0.1, -0.05) is 0 Å². The predicted octanol–water partition coefficient (Wildman–Crippen LogP) is 0.260. The van der Waals surface area contributed by atoms with Crippen LogP contribution >= 0.6 is 11.8 Å². The molecule has 4 saturated carbocycles. The van der Waals surface area contributed by atoms with E-state index in [1.165, 1.54) is 8.61 Å². The molecule has 0 aromatic rings. The molecule has 9 nitrogen and oxygen atoms in total. The molecule has 0 spiro atoms. The smallest absolute Gasteiger partial charge is 0.282 e. The maximum Gasteiger partial charge on any atom is 0.282 e. The molecule has 2 amide bonds. The van der Waals surface area contributed by atoms with E-state index in [0.717, 1.165) is 25.0 Å². The third kappa shape index (κ3) is 3.76. The first-order valence-electron chi connectivity index (χ1n) is 11.1. The lowest BCUT2D eigenvalue weighted by molar-refractivity contribution is -0.136. The summed E-state index contributed by atoms with van der Waals surface area (Å²) in [5, 5.41) is 0. The Morgan fingerprint density at radius 3 is 2.42 bits per heavy atom. The van der Waals surface area contributed by atoms with Crippen LogP contribution in [0.4, 0.5) is 0 Å². The summed E-state index contributed by atoms with van der Waals surface area (Å²) in [6.07, 6.45) is 4.12. The molecule has 4 aliphatic carbocycles. The molecule has 6 fully saturated rings. The third-order valence-corrected chi connectivity index (χ3v) is 10.8. The van der Waals surface area contributed by atoms with Crippen LogP contribution in [0.2, 0.25) is 0 Å². The Bertz CT molecular complexity index is 883.